The van der Waals surface area contributed by atoms with Crippen molar-refractivity contribution < 1.29 is 9.90 Å². The molecule has 0 saturated heterocycles. The number of benzene rings is 2. The van der Waals surface area contributed by atoms with Crippen molar-refractivity contribution in [1.82, 2.24) is 4.90 Å². The highest BCUT2D eigenvalue weighted by atomic mass is 32.2. The Kier molecular flexibility index (Phi) is 6.49. The van der Waals surface area contributed by atoms with Crippen LogP contribution in [0.25, 0.3) is 0 Å². The molecule has 1 N–H and O–H groups in total. The first-order valence-electron chi connectivity index (χ1n) is 7.25. The van der Waals surface area contributed by atoms with Gasteiger partial charge in [-0.3, -0.25) is 4.79 Å². The van der Waals surface area contributed by atoms with E-state index in [1.54, 1.807) is 4.90 Å². The zero-order valence-corrected chi connectivity index (χ0v) is 13.5. The Bertz CT molecular complexity index is 574. The minimum atomic E-state index is -0.529. The van der Waals surface area contributed by atoms with Gasteiger partial charge in [0.2, 0.25) is 5.91 Å². The molecule has 0 radical (unpaired) electrons. The van der Waals surface area contributed by atoms with E-state index in [0.29, 0.717) is 18.1 Å². The summed E-state index contributed by atoms with van der Waals surface area (Å²) in [5, 5.41) is 10.1. The van der Waals surface area contributed by atoms with Crippen molar-refractivity contribution in [3.8, 4) is 0 Å². The minimum absolute atomic E-state index is 0.0779. The maximum atomic E-state index is 12.1. The highest BCUT2D eigenvalue weighted by Crippen LogP contribution is 2.18. The Hall–Kier alpha value is -1.78. The van der Waals surface area contributed by atoms with Gasteiger partial charge in [-0.15, -0.1) is 11.8 Å². The van der Waals surface area contributed by atoms with Gasteiger partial charge >= 0.3 is 0 Å². The number of aliphatic hydroxyl groups is 1. The number of carbonyl (C=O) groups is 1. The molecule has 1 unspecified atom stereocenters. The number of aliphatic hydroxyl groups excluding tert-OH is 1. The second kappa shape index (κ2) is 8.61. The van der Waals surface area contributed by atoms with Gasteiger partial charge in [0.15, 0.2) is 0 Å². The molecular formula is C18H21NO2S. The Morgan fingerprint density at radius 1 is 1.09 bits per heavy atom. The Balaban J connectivity index is 1.73. The maximum absolute atomic E-state index is 12.1. The summed E-state index contributed by atoms with van der Waals surface area (Å²) in [6.45, 7) is 0.613. The van der Waals surface area contributed by atoms with Gasteiger partial charge in [0, 0.05) is 19.3 Å². The van der Waals surface area contributed by atoms with Gasteiger partial charge in [0.25, 0.3) is 0 Å². The average Bonchev–Trinajstić information content (AvgIpc) is 2.56. The third-order valence-corrected chi connectivity index (χ3v) is 4.38. The highest BCUT2D eigenvalue weighted by molar-refractivity contribution is 7.99. The van der Waals surface area contributed by atoms with Gasteiger partial charge in [-0.1, -0.05) is 60.7 Å². The van der Waals surface area contributed by atoms with Crippen molar-refractivity contribution in [2.24, 2.45) is 0 Å². The second-order valence-electron chi connectivity index (χ2n) is 5.18. The topological polar surface area (TPSA) is 40.5 Å². The molecule has 2 rings (SSSR count). The summed E-state index contributed by atoms with van der Waals surface area (Å²) in [7, 11) is 1.81. The van der Waals surface area contributed by atoms with Gasteiger partial charge in [-0.2, -0.15) is 0 Å². The summed E-state index contributed by atoms with van der Waals surface area (Å²) in [6.07, 6.45) is -0.529. The van der Waals surface area contributed by atoms with Crippen molar-refractivity contribution in [3.05, 3.63) is 71.8 Å². The summed E-state index contributed by atoms with van der Waals surface area (Å²) in [5.41, 5.74) is 2.01. The molecule has 4 heteroatoms. The van der Waals surface area contributed by atoms with Crippen LogP contribution in [0, 0.1) is 0 Å². The van der Waals surface area contributed by atoms with Crippen molar-refractivity contribution in [2.45, 2.75) is 12.6 Å². The van der Waals surface area contributed by atoms with E-state index in [2.05, 4.69) is 0 Å². The van der Waals surface area contributed by atoms with Crippen LogP contribution >= 0.6 is 11.8 Å². The summed E-state index contributed by atoms with van der Waals surface area (Å²) < 4.78 is 0. The smallest absolute Gasteiger partial charge is 0.232 e. The van der Waals surface area contributed by atoms with E-state index in [9.17, 15) is 9.90 Å². The van der Waals surface area contributed by atoms with E-state index in [1.807, 2.05) is 67.7 Å². The molecule has 0 aliphatic heterocycles. The van der Waals surface area contributed by atoms with Crippen molar-refractivity contribution >= 4 is 17.7 Å². The normalized spacial score (nSPS) is 11.9. The number of nitrogens with zero attached hydrogens (tertiary/aromatic N) is 1. The number of hydrogen-bond acceptors (Lipinski definition) is 3. The monoisotopic (exact) mass is 315 g/mol. The number of hydrogen-bond donors (Lipinski definition) is 1. The van der Waals surface area contributed by atoms with Gasteiger partial charge in [0.05, 0.1) is 11.9 Å². The molecule has 0 aromatic heterocycles. The van der Waals surface area contributed by atoms with Crippen LogP contribution in [0.4, 0.5) is 0 Å². The molecule has 0 bridgehead atoms. The van der Waals surface area contributed by atoms with Crippen LogP contribution in [-0.4, -0.2) is 34.5 Å². The summed E-state index contributed by atoms with van der Waals surface area (Å²) in [4.78, 5) is 13.8. The van der Waals surface area contributed by atoms with Crippen LogP contribution in [0.15, 0.2) is 60.7 Å². The van der Waals surface area contributed by atoms with Crippen LogP contribution in [0.3, 0.4) is 0 Å². The van der Waals surface area contributed by atoms with Crippen LogP contribution < -0.4 is 0 Å². The molecule has 1 amide bonds. The average molecular weight is 315 g/mol. The third-order valence-electron chi connectivity index (χ3n) is 3.37. The quantitative estimate of drug-likeness (QED) is 0.853. The Labute approximate surface area is 136 Å². The molecule has 2 aromatic rings. The minimum Gasteiger partial charge on any atom is -0.388 e. The number of amides is 1. The first-order chi connectivity index (χ1) is 10.7. The van der Waals surface area contributed by atoms with Crippen molar-refractivity contribution in [2.75, 3.05) is 18.6 Å². The number of rotatable bonds is 7. The van der Waals surface area contributed by atoms with Gasteiger partial charge < -0.3 is 10.0 Å². The Morgan fingerprint density at radius 3 is 2.32 bits per heavy atom. The van der Waals surface area contributed by atoms with Crippen LogP contribution in [-0.2, 0) is 11.3 Å². The molecular weight excluding hydrogens is 294 g/mol. The van der Waals surface area contributed by atoms with E-state index in [0.717, 1.165) is 11.1 Å². The number of thioether (sulfide) groups is 1. The highest BCUT2D eigenvalue weighted by Gasteiger charge is 2.12. The zero-order chi connectivity index (χ0) is 15.8. The summed E-state index contributed by atoms with van der Waals surface area (Å²) in [5.74, 6) is 0.983. The molecule has 0 spiro atoms. The summed E-state index contributed by atoms with van der Waals surface area (Å²) in [6, 6.07) is 19.5. The predicted octanol–water partition coefficient (Wildman–Crippen LogP) is 3.11. The second-order valence-corrected chi connectivity index (χ2v) is 6.21. The lowest BCUT2D eigenvalue weighted by Crippen LogP contribution is -2.28. The zero-order valence-electron chi connectivity index (χ0n) is 12.7. The van der Waals surface area contributed by atoms with Crippen LogP contribution in [0.2, 0.25) is 0 Å². The number of carbonyl (C=O) groups excluding carboxylic acids is 1. The van der Waals surface area contributed by atoms with Gasteiger partial charge in [-0.05, 0) is 11.1 Å². The van der Waals surface area contributed by atoms with Crippen molar-refractivity contribution in [3.63, 3.8) is 0 Å². The lowest BCUT2D eigenvalue weighted by atomic mass is 10.1. The first-order valence-corrected chi connectivity index (χ1v) is 8.41. The largest absolute Gasteiger partial charge is 0.388 e. The fraction of sp³-hybridized carbons (Fsp3) is 0.278. The molecule has 0 heterocycles. The SMILES string of the molecule is CN(Cc1ccccc1)C(=O)CSCC(O)c1ccccc1. The summed E-state index contributed by atoms with van der Waals surface area (Å²) >= 11 is 1.46. The lowest BCUT2D eigenvalue weighted by molar-refractivity contribution is -0.127. The fourth-order valence-corrected chi connectivity index (χ4v) is 3.01. The standard InChI is InChI=1S/C18H21NO2S/c1-19(12-15-8-4-2-5-9-15)18(21)14-22-13-17(20)16-10-6-3-7-11-16/h2-11,17,20H,12-14H2,1H3. The van der Waals surface area contributed by atoms with E-state index < -0.39 is 6.10 Å². The molecule has 2 aromatic carbocycles. The van der Waals surface area contributed by atoms with Gasteiger partial charge in [-0.25, -0.2) is 0 Å². The van der Waals surface area contributed by atoms with Gasteiger partial charge in [0.1, 0.15) is 0 Å². The fourth-order valence-electron chi connectivity index (χ4n) is 2.08. The Morgan fingerprint density at radius 2 is 1.68 bits per heavy atom. The van der Waals surface area contributed by atoms with E-state index >= 15 is 0 Å². The molecule has 116 valence electrons. The molecule has 0 aliphatic rings. The molecule has 0 fully saturated rings. The van der Waals surface area contributed by atoms with E-state index in [4.69, 9.17) is 0 Å². The molecule has 0 aliphatic carbocycles. The molecule has 3 nitrogen and oxygen atoms in total. The lowest BCUT2D eigenvalue weighted by Gasteiger charge is -2.17. The molecule has 1 atom stereocenters. The van der Waals surface area contributed by atoms with Crippen LogP contribution in [0.1, 0.15) is 17.2 Å². The maximum Gasteiger partial charge on any atom is 0.232 e. The molecule has 0 saturated carbocycles. The van der Waals surface area contributed by atoms with E-state index in [-0.39, 0.29) is 5.91 Å². The molecule has 22 heavy (non-hydrogen) atoms. The van der Waals surface area contributed by atoms with Crippen LogP contribution in [0.5, 0.6) is 0 Å². The first kappa shape index (κ1) is 16.6. The predicted molar refractivity (Wildman–Crippen MR) is 91.6 cm³/mol. The third kappa shape index (κ3) is 5.20. The van der Waals surface area contributed by atoms with Crippen molar-refractivity contribution in [1.29, 1.82) is 0 Å². The van der Waals surface area contributed by atoms with E-state index in [1.165, 1.54) is 11.8 Å².